The molecule has 0 aromatic carbocycles. The second-order valence-corrected chi connectivity index (χ2v) is 2.69. The lowest BCUT2D eigenvalue weighted by atomic mass is 10.2. The zero-order valence-corrected chi connectivity index (χ0v) is 7.95. The molecule has 0 aliphatic carbocycles. The molecule has 0 aliphatic rings. The van der Waals surface area contributed by atoms with E-state index in [0.29, 0.717) is 12.8 Å². The summed E-state index contributed by atoms with van der Waals surface area (Å²) in [5.74, 6) is -1.50. The van der Waals surface area contributed by atoms with Crippen molar-refractivity contribution in [1.82, 2.24) is 10.6 Å². The quantitative estimate of drug-likeness (QED) is 0.448. The fourth-order valence-corrected chi connectivity index (χ4v) is 0.818. The molecule has 6 nitrogen and oxygen atoms in total. The average Bonchev–Trinajstić information content (AvgIpc) is 2.12. The van der Waals surface area contributed by atoms with Gasteiger partial charge in [-0.15, -0.1) is 0 Å². The van der Waals surface area contributed by atoms with Crippen molar-refractivity contribution in [2.75, 3.05) is 13.1 Å². The van der Waals surface area contributed by atoms with Crippen LogP contribution in [0, 0.1) is 0 Å². The molecule has 0 aromatic heterocycles. The van der Waals surface area contributed by atoms with Gasteiger partial charge in [-0.3, -0.25) is 9.59 Å². The summed E-state index contributed by atoms with van der Waals surface area (Å²) in [6, 6.07) is -0.946. The average molecular weight is 202 g/mol. The van der Waals surface area contributed by atoms with Crippen LogP contribution in [0.25, 0.3) is 0 Å². The molecule has 1 amide bonds. The number of carbonyl (C=O) groups is 3. The van der Waals surface area contributed by atoms with Crippen molar-refractivity contribution < 1.29 is 19.5 Å². The predicted molar refractivity (Wildman–Crippen MR) is 48.8 cm³/mol. The van der Waals surface area contributed by atoms with E-state index in [4.69, 9.17) is 5.11 Å². The molecule has 0 heterocycles. The minimum atomic E-state index is -1.12. The second-order valence-electron chi connectivity index (χ2n) is 2.69. The van der Waals surface area contributed by atoms with E-state index in [1.165, 1.54) is 0 Å². The van der Waals surface area contributed by atoms with Gasteiger partial charge in [0, 0.05) is 0 Å². The zero-order chi connectivity index (χ0) is 11.0. The zero-order valence-electron chi connectivity index (χ0n) is 7.95. The van der Waals surface area contributed by atoms with Crippen molar-refractivity contribution in [3.05, 3.63) is 0 Å². The number of hydrogen-bond acceptors (Lipinski definition) is 4. The van der Waals surface area contributed by atoms with Crippen LogP contribution in [0.2, 0.25) is 0 Å². The van der Waals surface area contributed by atoms with Gasteiger partial charge in [-0.1, -0.05) is 6.92 Å². The minimum absolute atomic E-state index is 0.0838. The highest BCUT2D eigenvalue weighted by atomic mass is 16.4. The Morgan fingerprint density at radius 2 is 2.14 bits per heavy atom. The maximum absolute atomic E-state index is 11.0. The maximum Gasteiger partial charge on any atom is 0.305 e. The largest absolute Gasteiger partial charge is 0.481 e. The summed E-state index contributed by atoms with van der Waals surface area (Å²) in [5, 5.41) is 13.4. The van der Waals surface area contributed by atoms with Crippen molar-refractivity contribution in [3.8, 4) is 0 Å². The predicted octanol–water partition coefficient (Wildman–Crippen LogP) is -1.25. The van der Waals surface area contributed by atoms with E-state index in [1.807, 2.05) is 6.92 Å². The summed E-state index contributed by atoms with van der Waals surface area (Å²) in [4.78, 5) is 31.6. The van der Waals surface area contributed by atoms with Gasteiger partial charge in [0.05, 0.1) is 19.0 Å². The molecule has 0 unspecified atom stereocenters. The second kappa shape index (κ2) is 7.02. The first-order valence-electron chi connectivity index (χ1n) is 4.27. The van der Waals surface area contributed by atoms with E-state index < -0.39 is 12.0 Å². The third-order valence-corrected chi connectivity index (χ3v) is 1.44. The van der Waals surface area contributed by atoms with Crippen LogP contribution >= 0.6 is 0 Å². The Kier molecular flexibility index (Phi) is 6.30. The Hall–Kier alpha value is -1.43. The van der Waals surface area contributed by atoms with Crippen molar-refractivity contribution >= 4 is 18.2 Å². The number of hydrogen-bond donors (Lipinski definition) is 3. The number of carbonyl (C=O) groups excluding carboxylic acids is 2. The highest BCUT2D eigenvalue weighted by Crippen LogP contribution is 1.87. The molecule has 1 atom stereocenters. The summed E-state index contributed by atoms with van der Waals surface area (Å²) in [5.41, 5.74) is 0. The summed E-state index contributed by atoms with van der Waals surface area (Å²) in [6.45, 7) is 2.56. The van der Waals surface area contributed by atoms with Gasteiger partial charge in [-0.25, -0.2) is 0 Å². The molecular weight excluding hydrogens is 188 g/mol. The Bertz CT molecular complexity index is 217. The number of aliphatic carboxylic acids is 1. The van der Waals surface area contributed by atoms with Crippen LogP contribution in [0.5, 0.6) is 0 Å². The van der Waals surface area contributed by atoms with Gasteiger partial charge >= 0.3 is 5.97 Å². The van der Waals surface area contributed by atoms with Crippen molar-refractivity contribution in [1.29, 1.82) is 0 Å². The third-order valence-electron chi connectivity index (χ3n) is 1.44. The smallest absolute Gasteiger partial charge is 0.305 e. The fourth-order valence-electron chi connectivity index (χ4n) is 0.818. The lowest BCUT2D eigenvalue weighted by molar-refractivity contribution is -0.138. The number of likely N-dealkylation sites (N-methyl/N-ethyl adjacent to an activating group) is 1. The molecule has 6 heteroatoms. The van der Waals surface area contributed by atoms with E-state index >= 15 is 0 Å². The first-order valence-corrected chi connectivity index (χ1v) is 4.27. The van der Waals surface area contributed by atoms with Crippen LogP contribution in [0.1, 0.15) is 13.3 Å². The normalized spacial score (nSPS) is 11.8. The Morgan fingerprint density at radius 1 is 1.50 bits per heavy atom. The Labute approximate surface area is 81.7 Å². The van der Waals surface area contributed by atoms with Crippen LogP contribution < -0.4 is 10.6 Å². The van der Waals surface area contributed by atoms with E-state index in [0.717, 1.165) is 0 Å². The molecule has 0 rings (SSSR count). The van der Waals surface area contributed by atoms with Gasteiger partial charge in [0.1, 0.15) is 6.29 Å². The van der Waals surface area contributed by atoms with Crippen LogP contribution in [0.15, 0.2) is 0 Å². The molecule has 0 bridgehead atoms. The molecule has 0 fully saturated rings. The number of rotatable bonds is 7. The number of carboxylic acid groups (broad SMARTS) is 1. The minimum Gasteiger partial charge on any atom is -0.481 e. The molecule has 0 radical (unpaired) electrons. The number of carboxylic acids is 1. The van der Waals surface area contributed by atoms with Crippen LogP contribution in [0.4, 0.5) is 0 Å². The standard InChI is InChI=1S/C8H14N2O4/c1-2-9-4-7(12)10-6(5-11)3-8(13)14/h5-6,9H,2-4H2,1H3,(H,10,12)(H,13,14)/t6-/m0/s1. The lowest BCUT2D eigenvalue weighted by Gasteiger charge is -2.10. The van der Waals surface area contributed by atoms with Gasteiger partial charge < -0.3 is 20.5 Å². The summed E-state index contributed by atoms with van der Waals surface area (Å²) in [7, 11) is 0. The molecule has 3 N–H and O–H groups in total. The molecular formula is C8H14N2O4. The van der Waals surface area contributed by atoms with E-state index in [1.54, 1.807) is 0 Å². The number of nitrogens with one attached hydrogen (secondary N) is 2. The maximum atomic E-state index is 11.0. The van der Waals surface area contributed by atoms with Crippen LogP contribution in [-0.4, -0.2) is 42.4 Å². The van der Waals surface area contributed by atoms with E-state index in [9.17, 15) is 14.4 Å². The first kappa shape index (κ1) is 12.6. The van der Waals surface area contributed by atoms with Crippen LogP contribution in [0.3, 0.4) is 0 Å². The number of aldehydes is 1. The molecule has 80 valence electrons. The number of amides is 1. The van der Waals surface area contributed by atoms with Gasteiger partial charge in [-0.05, 0) is 6.54 Å². The SMILES string of the molecule is CCNCC(=O)N[C@H](C=O)CC(=O)O. The molecule has 0 saturated heterocycles. The fraction of sp³-hybridized carbons (Fsp3) is 0.625. The molecule has 0 aliphatic heterocycles. The molecule has 14 heavy (non-hydrogen) atoms. The Morgan fingerprint density at radius 3 is 2.57 bits per heavy atom. The molecule has 0 saturated carbocycles. The topological polar surface area (TPSA) is 95.5 Å². The highest BCUT2D eigenvalue weighted by Gasteiger charge is 2.14. The first-order chi connectivity index (χ1) is 6.60. The highest BCUT2D eigenvalue weighted by molar-refractivity contribution is 5.83. The van der Waals surface area contributed by atoms with Crippen molar-refractivity contribution in [2.24, 2.45) is 0 Å². The van der Waals surface area contributed by atoms with Gasteiger partial charge in [0.15, 0.2) is 0 Å². The van der Waals surface area contributed by atoms with E-state index in [-0.39, 0.29) is 18.9 Å². The third kappa shape index (κ3) is 6.13. The molecule has 0 aromatic rings. The van der Waals surface area contributed by atoms with E-state index in [2.05, 4.69) is 10.6 Å². The lowest BCUT2D eigenvalue weighted by Crippen LogP contribution is -2.42. The van der Waals surface area contributed by atoms with Gasteiger partial charge in [0.25, 0.3) is 0 Å². The van der Waals surface area contributed by atoms with Crippen LogP contribution in [-0.2, 0) is 14.4 Å². The summed E-state index contributed by atoms with van der Waals surface area (Å²) >= 11 is 0. The summed E-state index contributed by atoms with van der Waals surface area (Å²) < 4.78 is 0. The van der Waals surface area contributed by atoms with Crippen molar-refractivity contribution in [2.45, 2.75) is 19.4 Å². The summed E-state index contributed by atoms with van der Waals surface area (Å²) in [6.07, 6.45) is 0.0271. The van der Waals surface area contributed by atoms with Crippen molar-refractivity contribution in [3.63, 3.8) is 0 Å². The monoisotopic (exact) mass is 202 g/mol. The Balaban J connectivity index is 3.86. The van der Waals surface area contributed by atoms with Gasteiger partial charge in [-0.2, -0.15) is 0 Å². The van der Waals surface area contributed by atoms with Gasteiger partial charge in [0.2, 0.25) is 5.91 Å². The molecule has 0 spiro atoms.